The Morgan fingerprint density at radius 3 is 2.53 bits per heavy atom. The van der Waals surface area contributed by atoms with Gasteiger partial charge in [0.2, 0.25) is 0 Å². The lowest BCUT2D eigenvalue weighted by molar-refractivity contribution is -0.148. The summed E-state index contributed by atoms with van der Waals surface area (Å²) >= 11 is 0. The van der Waals surface area contributed by atoms with Crippen LogP contribution in [-0.2, 0) is 9.53 Å². The molecule has 0 aromatic heterocycles. The molecule has 0 aromatic carbocycles. The zero-order chi connectivity index (χ0) is 13.7. The first-order chi connectivity index (χ1) is 9.16. The Balaban J connectivity index is 2.09. The molecule has 1 atom stereocenters. The Bertz CT molecular complexity index is 303. The zero-order valence-electron chi connectivity index (χ0n) is 12.5. The van der Waals surface area contributed by atoms with Gasteiger partial charge in [0.15, 0.2) is 0 Å². The topological polar surface area (TPSA) is 32.8 Å². The molecule has 0 aromatic rings. The van der Waals surface area contributed by atoms with Crippen LogP contribution < -0.4 is 0 Å². The third-order valence-electron chi connectivity index (χ3n) is 4.55. The summed E-state index contributed by atoms with van der Waals surface area (Å²) in [6, 6.07) is 0. The van der Waals surface area contributed by atoms with Gasteiger partial charge in [-0.3, -0.25) is 9.69 Å². The molecule has 110 valence electrons. The van der Waals surface area contributed by atoms with Gasteiger partial charge in [0.25, 0.3) is 0 Å². The van der Waals surface area contributed by atoms with Crippen LogP contribution >= 0.6 is 0 Å². The zero-order valence-corrected chi connectivity index (χ0v) is 12.5. The van der Waals surface area contributed by atoms with Crippen molar-refractivity contribution in [1.29, 1.82) is 0 Å². The van der Waals surface area contributed by atoms with Gasteiger partial charge in [-0.25, -0.2) is 0 Å². The largest absolute Gasteiger partial charge is 0.466 e. The van der Waals surface area contributed by atoms with Crippen LogP contribution in [0.3, 0.4) is 0 Å². The molecular weight excluding hydrogens is 240 g/mol. The monoisotopic (exact) mass is 268 g/mol. The lowest BCUT2D eigenvalue weighted by Gasteiger charge is -2.50. The van der Waals surface area contributed by atoms with Crippen LogP contribution in [0.2, 0.25) is 0 Å². The fraction of sp³-hybridized carbons (Fsp3) is 0.933. The van der Waals surface area contributed by atoms with E-state index in [1.807, 2.05) is 6.92 Å². The summed E-state index contributed by atoms with van der Waals surface area (Å²) < 4.78 is 5.21. The number of piperidine rings is 2. The second-order valence-corrected chi connectivity index (χ2v) is 6.10. The Kier molecular flexibility index (Phi) is 5.22. The number of rotatable bonds is 4. The molecule has 2 aliphatic heterocycles. The summed E-state index contributed by atoms with van der Waals surface area (Å²) in [5, 5.41) is 0. The Morgan fingerprint density at radius 2 is 1.89 bits per heavy atom. The van der Waals surface area contributed by atoms with E-state index in [4.69, 9.17) is 4.74 Å². The fourth-order valence-corrected chi connectivity index (χ4v) is 3.70. The number of likely N-dealkylation sites (tertiary alicyclic amines) is 2. The molecule has 2 saturated heterocycles. The van der Waals surface area contributed by atoms with Crippen molar-refractivity contribution in [3.05, 3.63) is 0 Å². The molecule has 4 heteroatoms. The van der Waals surface area contributed by atoms with E-state index < -0.39 is 0 Å². The maximum atomic E-state index is 12.0. The number of esters is 1. The summed E-state index contributed by atoms with van der Waals surface area (Å²) in [4.78, 5) is 16.9. The van der Waals surface area contributed by atoms with Gasteiger partial charge < -0.3 is 9.64 Å². The van der Waals surface area contributed by atoms with E-state index in [9.17, 15) is 4.79 Å². The maximum absolute atomic E-state index is 12.0. The van der Waals surface area contributed by atoms with Gasteiger partial charge in [0, 0.05) is 12.1 Å². The van der Waals surface area contributed by atoms with Crippen LogP contribution in [0.1, 0.15) is 45.4 Å². The minimum atomic E-state index is -0.0247. The van der Waals surface area contributed by atoms with Gasteiger partial charge in [-0.15, -0.1) is 0 Å². The van der Waals surface area contributed by atoms with Crippen LogP contribution in [0.15, 0.2) is 0 Å². The summed E-state index contributed by atoms with van der Waals surface area (Å²) in [6.45, 7) is 6.83. The number of ether oxygens (including phenoxy) is 1. The van der Waals surface area contributed by atoms with Gasteiger partial charge in [-0.2, -0.15) is 0 Å². The first-order valence-corrected chi connectivity index (χ1v) is 7.75. The molecule has 19 heavy (non-hydrogen) atoms. The van der Waals surface area contributed by atoms with Crippen LogP contribution in [-0.4, -0.2) is 61.1 Å². The van der Waals surface area contributed by atoms with E-state index in [1.54, 1.807) is 0 Å². The summed E-state index contributed by atoms with van der Waals surface area (Å²) in [5.74, 6) is -0.0247. The van der Waals surface area contributed by atoms with Crippen LogP contribution in [0, 0.1) is 0 Å². The van der Waals surface area contributed by atoms with Crippen LogP contribution in [0.5, 0.6) is 0 Å². The molecule has 0 amide bonds. The number of hydrogen-bond acceptors (Lipinski definition) is 4. The maximum Gasteiger partial charge on any atom is 0.307 e. The molecule has 2 heterocycles. The Morgan fingerprint density at radius 1 is 1.16 bits per heavy atom. The molecular formula is C15H28N2O2. The minimum absolute atomic E-state index is 0.0247. The second kappa shape index (κ2) is 6.71. The average molecular weight is 268 g/mol. The lowest BCUT2D eigenvalue weighted by Crippen LogP contribution is -2.60. The van der Waals surface area contributed by atoms with Crippen molar-refractivity contribution in [2.75, 3.05) is 39.8 Å². The minimum Gasteiger partial charge on any atom is -0.466 e. The van der Waals surface area contributed by atoms with Gasteiger partial charge in [-0.1, -0.05) is 6.42 Å². The van der Waals surface area contributed by atoms with Gasteiger partial charge in [-0.05, 0) is 59.3 Å². The first kappa shape index (κ1) is 14.8. The average Bonchev–Trinajstić information content (AvgIpc) is 2.40. The van der Waals surface area contributed by atoms with E-state index >= 15 is 0 Å². The SMILES string of the molecule is CCOC(=O)CC1(N2CCCCC2)CCCN(C)C1. The highest BCUT2D eigenvalue weighted by atomic mass is 16.5. The van der Waals surface area contributed by atoms with E-state index in [-0.39, 0.29) is 11.5 Å². The summed E-state index contributed by atoms with van der Waals surface area (Å²) in [7, 11) is 2.17. The number of likely N-dealkylation sites (N-methyl/N-ethyl adjacent to an activating group) is 1. The highest BCUT2D eigenvalue weighted by molar-refractivity contribution is 5.71. The fourth-order valence-electron chi connectivity index (χ4n) is 3.70. The van der Waals surface area contributed by atoms with Crippen molar-refractivity contribution in [3.8, 4) is 0 Å². The quantitative estimate of drug-likeness (QED) is 0.729. The number of carbonyl (C=O) groups excluding carboxylic acids is 1. The standard InChI is InChI=1S/C15H28N2O2/c1-3-19-14(18)12-15(8-7-9-16(2)13-15)17-10-5-4-6-11-17/h3-13H2,1-2H3. The van der Waals surface area contributed by atoms with E-state index in [0.717, 1.165) is 32.6 Å². The third kappa shape index (κ3) is 3.69. The molecule has 2 aliphatic rings. The lowest BCUT2D eigenvalue weighted by atomic mass is 9.83. The van der Waals surface area contributed by atoms with Gasteiger partial charge in [0.05, 0.1) is 13.0 Å². The molecule has 2 fully saturated rings. The van der Waals surface area contributed by atoms with Crippen LogP contribution in [0.25, 0.3) is 0 Å². The van der Waals surface area contributed by atoms with Crippen molar-refractivity contribution in [3.63, 3.8) is 0 Å². The number of carbonyl (C=O) groups is 1. The summed E-state index contributed by atoms with van der Waals surface area (Å²) in [5.41, 5.74) is 0.0275. The predicted octanol–water partition coefficient (Wildman–Crippen LogP) is 1.89. The highest BCUT2D eigenvalue weighted by Gasteiger charge is 2.42. The molecule has 2 rings (SSSR count). The molecule has 0 N–H and O–H groups in total. The highest BCUT2D eigenvalue weighted by Crippen LogP contribution is 2.33. The van der Waals surface area contributed by atoms with Gasteiger partial charge >= 0.3 is 5.97 Å². The van der Waals surface area contributed by atoms with Crippen molar-refractivity contribution < 1.29 is 9.53 Å². The van der Waals surface area contributed by atoms with Crippen molar-refractivity contribution in [2.24, 2.45) is 0 Å². The van der Waals surface area contributed by atoms with E-state index in [0.29, 0.717) is 13.0 Å². The number of nitrogens with zero attached hydrogens (tertiary/aromatic N) is 2. The molecule has 0 bridgehead atoms. The molecule has 0 saturated carbocycles. The Hall–Kier alpha value is -0.610. The third-order valence-corrected chi connectivity index (χ3v) is 4.55. The second-order valence-electron chi connectivity index (χ2n) is 6.10. The molecule has 1 unspecified atom stereocenters. The molecule has 0 spiro atoms. The van der Waals surface area contributed by atoms with E-state index in [1.165, 1.54) is 25.7 Å². The van der Waals surface area contributed by atoms with Gasteiger partial charge in [0.1, 0.15) is 0 Å². The van der Waals surface area contributed by atoms with Crippen LogP contribution in [0.4, 0.5) is 0 Å². The van der Waals surface area contributed by atoms with Crippen molar-refractivity contribution in [1.82, 2.24) is 9.80 Å². The molecule has 4 nitrogen and oxygen atoms in total. The predicted molar refractivity (Wildman–Crippen MR) is 76.1 cm³/mol. The summed E-state index contributed by atoms with van der Waals surface area (Å²) in [6.07, 6.45) is 6.76. The Labute approximate surface area is 117 Å². The molecule has 0 radical (unpaired) electrons. The van der Waals surface area contributed by atoms with E-state index in [2.05, 4.69) is 16.8 Å². The van der Waals surface area contributed by atoms with Crippen molar-refractivity contribution in [2.45, 2.75) is 51.0 Å². The first-order valence-electron chi connectivity index (χ1n) is 7.75. The van der Waals surface area contributed by atoms with Crippen molar-refractivity contribution >= 4 is 5.97 Å². The molecule has 0 aliphatic carbocycles. The normalized spacial score (nSPS) is 30.2. The number of hydrogen-bond donors (Lipinski definition) is 0. The smallest absolute Gasteiger partial charge is 0.307 e.